The largest absolute Gasteiger partial charge is 0.482 e. The molecule has 1 heterocycles. The van der Waals surface area contributed by atoms with Gasteiger partial charge in [0.25, 0.3) is 0 Å². The molecule has 0 radical (unpaired) electrons. The second kappa shape index (κ2) is 5.76. The Morgan fingerprint density at radius 3 is 2.78 bits per heavy atom. The highest BCUT2D eigenvalue weighted by molar-refractivity contribution is 9.10. The van der Waals surface area contributed by atoms with Crippen molar-refractivity contribution in [2.75, 3.05) is 6.61 Å². The van der Waals surface area contributed by atoms with Crippen molar-refractivity contribution in [2.24, 2.45) is 0 Å². The average molecular weight is 324 g/mol. The van der Waals surface area contributed by atoms with Crippen LogP contribution in [0.25, 0.3) is 10.9 Å². The first kappa shape index (κ1) is 13.4. The standard InChI is InChI=1S/C14H14BrNOS/c1-3-9-7-10-5-6-11(15)8-12(10)16-13(9)14(18)17-4-2/h5-8H,3-4H2,1-2H3. The lowest BCUT2D eigenvalue weighted by atomic mass is 10.1. The van der Waals surface area contributed by atoms with Crippen LogP contribution in [0.3, 0.4) is 0 Å². The van der Waals surface area contributed by atoms with Crippen LogP contribution < -0.4 is 0 Å². The maximum atomic E-state index is 5.41. The molecule has 0 amide bonds. The Bertz CT molecular complexity index is 598. The first-order chi connectivity index (χ1) is 8.65. The Morgan fingerprint density at radius 1 is 1.33 bits per heavy atom. The molecule has 2 nitrogen and oxygen atoms in total. The van der Waals surface area contributed by atoms with Gasteiger partial charge >= 0.3 is 0 Å². The van der Waals surface area contributed by atoms with E-state index in [4.69, 9.17) is 17.0 Å². The van der Waals surface area contributed by atoms with E-state index in [1.54, 1.807) is 0 Å². The third-order valence-electron chi connectivity index (χ3n) is 2.71. The van der Waals surface area contributed by atoms with Gasteiger partial charge in [-0.25, -0.2) is 4.98 Å². The van der Waals surface area contributed by atoms with Gasteiger partial charge in [0.1, 0.15) is 5.69 Å². The average Bonchev–Trinajstić information content (AvgIpc) is 2.37. The topological polar surface area (TPSA) is 22.1 Å². The van der Waals surface area contributed by atoms with Gasteiger partial charge in [-0.2, -0.15) is 0 Å². The zero-order valence-electron chi connectivity index (χ0n) is 10.4. The van der Waals surface area contributed by atoms with Crippen LogP contribution in [0.4, 0.5) is 0 Å². The smallest absolute Gasteiger partial charge is 0.210 e. The Morgan fingerprint density at radius 2 is 2.11 bits per heavy atom. The summed E-state index contributed by atoms with van der Waals surface area (Å²) in [6, 6.07) is 8.20. The van der Waals surface area contributed by atoms with Gasteiger partial charge in [0.05, 0.1) is 12.1 Å². The first-order valence-electron chi connectivity index (χ1n) is 5.92. The number of aryl methyl sites for hydroxylation is 1. The van der Waals surface area contributed by atoms with Gasteiger partial charge in [-0.05, 0) is 49.3 Å². The minimum absolute atomic E-state index is 0.483. The van der Waals surface area contributed by atoms with Crippen molar-refractivity contribution >= 4 is 44.1 Å². The van der Waals surface area contributed by atoms with Crippen molar-refractivity contribution in [3.05, 3.63) is 40.0 Å². The quantitative estimate of drug-likeness (QED) is 0.787. The zero-order chi connectivity index (χ0) is 13.1. The second-order valence-electron chi connectivity index (χ2n) is 3.91. The van der Waals surface area contributed by atoms with Crippen LogP contribution in [0.15, 0.2) is 28.7 Å². The minimum atomic E-state index is 0.483. The van der Waals surface area contributed by atoms with Crippen LogP contribution >= 0.6 is 28.1 Å². The molecule has 2 rings (SSSR count). The summed E-state index contributed by atoms with van der Waals surface area (Å²) in [5.41, 5.74) is 2.85. The van der Waals surface area contributed by atoms with Gasteiger partial charge in [-0.1, -0.05) is 28.9 Å². The number of rotatable bonds is 3. The SMILES string of the molecule is CCOC(=S)c1nc2cc(Br)ccc2cc1CC. The third-order valence-corrected chi connectivity index (χ3v) is 3.51. The molecule has 0 saturated heterocycles. The fourth-order valence-electron chi connectivity index (χ4n) is 1.83. The molecule has 0 unspecified atom stereocenters. The Labute approximate surface area is 120 Å². The second-order valence-corrected chi connectivity index (χ2v) is 5.19. The predicted molar refractivity (Wildman–Crippen MR) is 82.1 cm³/mol. The molecule has 0 atom stereocenters. The molecule has 0 saturated carbocycles. The van der Waals surface area contributed by atoms with Gasteiger partial charge in [-0.3, -0.25) is 0 Å². The monoisotopic (exact) mass is 323 g/mol. The molecule has 18 heavy (non-hydrogen) atoms. The van der Waals surface area contributed by atoms with Gasteiger partial charge in [-0.15, -0.1) is 0 Å². The maximum Gasteiger partial charge on any atom is 0.210 e. The highest BCUT2D eigenvalue weighted by Crippen LogP contribution is 2.22. The van der Waals surface area contributed by atoms with E-state index in [-0.39, 0.29) is 0 Å². The van der Waals surface area contributed by atoms with Crippen molar-refractivity contribution in [3.63, 3.8) is 0 Å². The summed E-state index contributed by atoms with van der Waals surface area (Å²) in [5, 5.41) is 1.61. The molecular weight excluding hydrogens is 310 g/mol. The van der Waals surface area contributed by atoms with Crippen molar-refractivity contribution in [3.8, 4) is 0 Å². The molecule has 94 valence electrons. The molecule has 0 bridgehead atoms. The van der Waals surface area contributed by atoms with Crippen LogP contribution in [-0.4, -0.2) is 16.6 Å². The number of benzene rings is 1. The third kappa shape index (κ3) is 2.70. The summed E-state index contributed by atoms with van der Waals surface area (Å²) in [7, 11) is 0. The van der Waals surface area contributed by atoms with E-state index in [1.165, 1.54) is 0 Å². The number of pyridine rings is 1. The number of hydrogen-bond acceptors (Lipinski definition) is 3. The van der Waals surface area contributed by atoms with Crippen molar-refractivity contribution < 1.29 is 4.74 Å². The summed E-state index contributed by atoms with van der Waals surface area (Å²) in [4.78, 5) is 4.63. The first-order valence-corrected chi connectivity index (χ1v) is 7.12. The van der Waals surface area contributed by atoms with E-state index in [1.807, 2.05) is 19.1 Å². The zero-order valence-corrected chi connectivity index (χ0v) is 12.8. The van der Waals surface area contributed by atoms with Crippen molar-refractivity contribution in [1.82, 2.24) is 4.98 Å². The van der Waals surface area contributed by atoms with Crippen LogP contribution in [0, 0.1) is 0 Å². The van der Waals surface area contributed by atoms with E-state index in [9.17, 15) is 0 Å². The number of fused-ring (bicyclic) bond motifs is 1. The lowest BCUT2D eigenvalue weighted by molar-refractivity contribution is 0.336. The maximum absolute atomic E-state index is 5.41. The van der Waals surface area contributed by atoms with Gasteiger partial charge in [0, 0.05) is 9.86 Å². The summed E-state index contributed by atoms with van der Waals surface area (Å²) in [6.45, 7) is 4.59. The molecule has 0 N–H and O–H groups in total. The van der Waals surface area contributed by atoms with E-state index >= 15 is 0 Å². The van der Waals surface area contributed by atoms with E-state index in [0.29, 0.717) is 11.7 Å². The van der Waals surface area contributed by atoms with E-state index in [0.717, 1.165) is 33.1 Å². The van der Waals surface area contributed by atoms with Crippen LogP contribution in [0.2, 0.25) is 0 Å². The molecule has 0 aliphatic rings. The lowest BCUT2D eigenvalue weighted by Crippen LogP contribution is -2.09. The fourth-order valence-corrected chi connectivity index (χ4v) is 2.47. The highest BCUT2D eigenvalue weighted by Gasteiger charge is 2.11. The van der Waals surface area contributed by atoms with Crippen LogP contribution in [-0.2, 0) is 11.2 Å². The highest BCUT2D eigenvalue weighted by atomic mass is 79.9. The Kier molecular flexibility index (Phi) is 4.30. The molecule has 4 heteroatoms. The molecule has 0 aliphatic carbocycles. The summed E-state index contributed by atoms with van der Waals surface area (Å²) < 4.78 is 6.42. The summed E-state index contributed by atoms with van der Waals surface area (Å²) in [6.07, 6.45) is 0.890. The molecule has 1 aromatic heterocycles. The molecule has 0 aliphatic heterocycles. The fraction of sp³-hybridized carbons (Fsp3) is 0.286. The molecule has 0 spiro atoms. The molecule has 0 fully saturated rings. The minimum Gasteiger partial charge on any atom is -0.482 e. The Hall–Kier alpha value is -1.00. The molecule has 1 aromatic carbocycles. The summed E-state index contributed by atoms with van der Waals surface area (Å²) >= 11 is 8.73. The summed E-state index contributed by atoms with van der Waals surface area (Å²) in [5.74, 6) is 0. The van der Waals surface area contributed by atoms with Crippen LogP contribution in [0.1, 0.15) is 25.1 Å². The van der Waals surface area contributed by atoms with E-state index < -0.39 is 0 Å². The van der Waals surface area contributed by atoms with Gasteiger partial charge < -0.3 is 4.74 Å². The van der Waals surface area contributed by atoms with E-state index in [2.05, 4.69) is 40.0 Å². The van der Waals surface area contributed by atoms with Gasteiger partial charge in [0.2, 0.25) is 5.05 Å². The van der Waals surface area contributed by atoms with Crippen molar-refractivity contribution in [2.45, 2.75) is 20.3 Å². The number of halogens is 1. The van der Waals surface area contributed by atoms with Crippen molar-refractivity contribution in [1.29, 1.82) is 0 Å². The lowest BCUT2D eigenvalue weighted by Gasteiger charge is -2.10. The molecular formula is C14H14BrNOS. The number of hydrogen-bond donors (Lipinski definition) is 0. The number of ether oxygens (including phenoxy) is 1. The van der Waals surface area contributed by atoms with Crippen LogP contribution in [0.5, 0.6) is 0 Å². The predicted octanol–water partition coefficient (Wildman–Crippen LogP) is 4.27. The molecule has 2 aromatic rings. The number of thiocarbonyl (C=S) groups is 1. The number of nitrogens with zero attached hydrogens (tertiary/aromatic N) is 1. The van der Waals surface area contributed by atoms with Gasteiger partial charge in [0.15, 0.2) is 0 Å². The number of aromatic nitrogens is 1. The normalized spacial score (nSPS) is 10.6. The Balaban J connectivity index is 2.60.